The third-order valence-corrected chi connectivity index (χ3v) is 5.58. The second-order valence-electron chi connectivity index (χ2n) is 5.56. The normalized spacial score (nSPS) is 23.6. The molecule has 2 aliphatic rings. The number of thioether (sulfide) groups is 1. The van der Waals surface area contributed by atoms with Crippen molar-refractivity contribution in [2.24, 2.45) is 0 Å². The molecule has 3 heteroatoms. The summed E-state index contributed by atoms with van der Waals surface area (Å²) in [6.07, 6.45) is 6.88. The molecule has 0 aromatic heterocycles. The van der Waals surface area contributed by atoms with Crippen LogP contribution in [0.25, 0.3) is 0 Å². The maximum Gasteiger partial charge on any atom is 0.0476 e. The lowest BCUT2D eigenvalue weighted by Gasteiger charge is -2.48. The number of halogens is 1. The lowest BCUT2D eigenvalue weighted by molar-refractivity contribution is 0.0552. The number of hydrogen-bond acceptors (Lipinski definition) is 2. The van der Waals surface area contributed by atoms with Gasteiger partial charge in [-0.3, -0.25) is 4.90 Å². The van der Waals surface area contributed by atoms with Crippen molar-refractivity contribution in [1.82, 2.24) is 4.90 Å². The number of piperidine rings is 1. The van der Waals surface area contributed by atoms with Crippen molar-refractivity contribution in [3.05, 3.63) is 35.9 Å². The van der Waals surface area contributed by atoms with Crippen molar-refractivity contribution in [2.75, 3.05) is 24.6 Å². The van der Waals surface area contributed by atoms with Gasteiger partial charge >= 0.3 is 0 Å². The highest BCUT2D eigenvalue weighted by Crippen LogP contribution is 2.42. The van der Waals surface area contributed by atoms with Crippen LogP contribution in [0.1, 0.15) is 37.7 Å². The molecule has 106 valence electrons. The summed E-state index contributed by atoms with van der Waals surface area (Å²) >= 11 is 2.13. The van der Waals surface area contributed by atoms with E-state index in [-0.39, 0.29) is 12.4 Å². The lowest BCUT2D eigenvalue weighted by atomic mass is 9.81. The minimum Gasteiger partial charge on any atom is -0.294 e. The molecule has 0 saturated carbocycles. The quantitative estimate of drug-likeness (QED) is 0.800. The van der Waals surface area contributed by atoms with E-state index in [1.165, 1.54) is 56.7 Å². The molecule has 0 amide bonds. The van der Waals surface area contributed by atoms with Gasteiger partial charge in [-0.05, 0) is 55.8 Å². The molecule has 0 bridgehead atoms. The molecule has 0 N–H and O–H groups in total. The standard InChI is InChI=1S/C16H23NS.ClH/c1-3-7-15(8-4-1)16(9-13-18-14-10-16)17-11-5-2-6-12-17;/h1,3-4,7-8H,2,5-6,9-14H2;1H. The fourth-order valence-electron chi connectivity index (χ4n) is 3.57. The highest BCUT2D eigenvalue weighted by atomic mass is 35.5. The average Bonchev–Trinajstić information content (AvgIpc) is 2.50. The molecule has 0 aliphatic carbocycles. The van der Waals surface area contributed by atoms with Crippen molar-refractivity contribution in [1.29, 1.82) is 0 Å². The van der Waals surface area contributed by atoms with Crippen LogP contribution in [0, 0.1) is 0 Å². The van der Waals surface area contributed by atoms with E-state index in [0.29, 0.717) is 5.54 Å². The zero-order valence-electron chi connectivity index (χ0n) is 11.5. The fourth-order valence-corrected chi connectivity index (χ4v) is 4.74. The number of nitrogens with zero attached hydrogens (tertiary/aromatic N) is 1. The van der Waals surface area contributed by atoms with E-state index in [1.807, 2.05) is 0 Å². The van der Waals surface area contributed by atoms with Gasteiger partial charge in [-0.25, -0.2) is 0 Å². The van der Waals surface area contributed by atoms with Gasteiger partial charge in [0.15, 0.2) is 0 Å². The molecule has 1 nitrogen and oxygen atoms in total. The summed E-state index contributed by atoms with van der Waals surface area (Å²) in [6, 6.07) is 11.3. The van der Waals surface area contributed by atoms with Crippen LogP contribution in [0.4, 0.5) is 0 Å². The van der Waals surface area contributed by atoms with E-state index >= 15 is 0 Å². The third-order valence-electron chi connectivity index (χ3n) is 4.59. The van der Waals surface area contributed by atoms with E-state index in [1.54, 1.807) is 5.56 Å². The Morgan fingerprint density at radius 2 is 1.53 bits per heavy atom. The second kappa shape index (κ2) is 7.01. The molecule has 0 atom stereocenters. The van der Waals surface area contributed by atoms with E-state index in [9.17, 15) is 0 Å². The Morgan fingerprint density at radius 3 is 2.16 bits per heavy atom. The van der Waals surface area contributed by atoms with Gasteiger partial charge in [0.05, 0.1) is 0 Å². The number of hydrogen-bond donors (Lipinski definition) is 0. The molecule has 2 heterocycles. The van der Waals surface area contributed by atoms with Crippen LogP contribution in [-0.4, -0.2) is 29.5 Å². The molecule has 0 unspecified atom stereocenters. The van der Waals surface area contributed by atoms with Gasteiger partial charge in [-0.1, -0.05) is 36.8 Å². The molecule has 2 saturated heterocycles. The number of benzene rings is 1. The monoisotopic (exact) mass is 297 g/mol. The maximum absolute atomic E-state index is 2.80. The minimum absolute atomic E-state index is 0. The van der Waals surface area contributed by atoms with Gasteiger partial charge in [0, 0.05) is 5.54 Å². The fraction of sp³-hybridized carbons (Fsp3) is 0.625. The van der Waals surface area contributed by atoms with Crippen LogP contribution in [0.15, 0.2) is 30.3 Å². The zero-order chi connectivity index (χ0) is 12.3. The largest absolute Gasteiger partial charge is 0.294 e. The smallest absolute Gasteiger partial charge is 0.0476 e. The molecule has 1 aromatic rings. The Balaban J connectivity index is 0.00000133. The second-order valence-corrected chi connectivity index (χ2v) is 6.78. The van der Waals surface area contributed by atoms with Gasteiger partial charge in [0.2, 0.25) is 0 Å². The molecule has 2 aliphatic heterocycles. The van der Waals surface area contributed by atoms with E-state index in [4.69, 9.17) is 0 Å². The minimum atomic E-state index is 0. The molecule has 1 aromatic carbocycles. The van der Waals surface area contributed by atoms with Crippen molar-refractivity contribution in [3.63, 3.8) is 0 Å². The first kappa shape index (κ1) is 15.2. The Hall–Kier alpha value is -0.180. The van der Waals surface area contributed by atoms with Crippen LogP contribution in [-0.2, 0) is 5.54 Å². The van der Waals surface area contributed by atoms with Gasteiger partial charge in [-0.15, -0.1) is 12.4 Å². The molecule has 0 spiro atoms. The average molecular weight is 298 g/mol. The number of likely N-dealkylation sites (tertiary alicyclic amines) is 1. The van der Waals surface area contributed by atoms with Crippen LogP contribution in [0.2, 0.25) is 0 Å². The van der Waals surface area contributed by atoms with Crippen LogP contribution >= 0.6 is 24.2 Å². The molecule has 3 rings (SSSR count). The molecular formula is C16H24ClNS. The van der Waals surface area contributed by atoms with E-state index < -0.39 is 0 Å². The van der Waals surface area contributed by atoms with Crippen LogP contribution < -0.4 is 0 Å². The molecule has 0 radical (unpaired) electrons. The Labute approximate surface area is 127 Å². The molecular weight excluding hydrogens is 274 g/mol. The summed E-state index contributed by atoms with van der Waals surface area (Å²) in [4.78, 5) is 2.80. The predicted octanol–water partition coefficient (Wildman–Crippen LogP) is 4.32. The Bertz CT molecular complexity index is 370. The van der Waals surface area contributed by atoms with E-state index in [0.717, 1.165) is 0 Å². The van der Waals surface area contributed by atoms with Gasteiger partial charge in [0.25, 0.3) is 0 Å². The molecule has 2 fully saturated rings. The Morgan fingerprint density at radius 1 is 0.895 bits per heavy atom. The van der Waals surface area contributed by atoms with Crippen molar-refractivity contribution in [3.8, 4) is 0 Å². The summed E-state index contributed by atoms with van der Waals surface area (Å²) in [5.41, 5.74) is 1.92. The summed E-state index contributed by atoms with van der Waals surface area (Å²) in [5, 5.41) is 0. The Kier molecular flexibility index (Phi) is 5.61. The molecule has 19 heavy (non-hydrogen) atoms. The van der Waals surface area contributed by atoms with Gasteiger partial charge in [-0.2, -0.15) is 11.8 Å². The van der Waals surface area contributed by atoms with Crippen molar-refractivity contribution < 1.29 is 0 Å². The predicted molar refractivity (Wildman–Crippen MR) is 87.4 cm³/mol. The third kappa shape index (κ3) is 3.12. The number of rotatable bonds is 2. The topological polar surface area (TPSA) is 3.24 Å². The van der Waals surface area contributed by atoms with Crippen LogP contribution in [0.5, 0.6) is 0 Å². The van der Waals surface area contributed by atoms with Gasteiger partial charge in [0.1, 0.15) is 0 Å². The lowest BCUT2D eigenvalue weighted by Crippen LogP contribution is -2.50. The maximum atomic E-state index is 2.80. The first-order valence-corrected chi connectivity index (χ1v) is 8.46. The highest BCUT2D eigenvalue weighted by Gasteiger charge is 2.39. The first-order valence-electron chi connectivity index (χ1n) is 7.30. The zero-order valence-corrected chi connectivity index (χ0v) is 13.1. The van der Waals surface area contributed by atoms with Gasteiger partial charge < -0.3 is 0 Å². The SMILES string of the molecule is Cl.c1ccc(C2(N3CCCCC3)CCSCC2)cc1. The van der Waals surface area contributed by atoms with Crippen molar-refractivity contribution >= 4 is 24.2 Å². The summed E-state index contributed by atoms with van der Waals surface area (Å²) in [6.45, 7) is 2.61. The van der Waals surface area contributed by atoms with E-state index in [2.05, 4.69) is 47.0 Å². The summed E-state index contributed by atoms with van der Waals surface area (Å²) < 4.78 is 0. The van der Waals surface area contributed by atoms with Crippen molar-refractivity contribution in [2.45, 2.75) is 37.6 Å². The summed E-state index contributed by atoms with van der Waals surface area (Å²) in [7, 11) is 0. The first-order chi connectivity index (χ1) is 8.92. The summed E-state index contributed by atoms with van der Waals surface area (Å²) in [5.74, 6) is 2.65. The van der Waals surface area contributed by atoms with Crippen LogP contribution in [0.3, 0.4) is 0 Å². The highest BCUT2D eigenvalue weighted by molar-refractivity contribution is 7.99.